The largest absolute Gasteiger partial charge is 0.386 e. The zero-order chi connectivity index (χ0) is 19.6. The molecule has 3 aromatic rings. The molecule has 2 aromatic carbocycles. The van der Waals surface area contributed by atoms with Crippen LogP contribution in [0.3, 0.4) is 0 Å². The van der Waals surface area contributed by atoms with Gasteiger partial charge in [0.25, 0.3) is 5.91 Å². The number of nitrogens with zero attached hydrogens (tertiary/aromatic N) is 1. The van der Waals surface area contributed by atoms with E-state index in [1.54, 1.807) is 6.07 Å². The summed E-state index contributed by atoms with van der Waals surface area (Å²) in [4.78, 5) is 12.5. The highest BCUT2D eigenvalue weighted by Crippen LogP contribution is 2.25. The lowest BCUT2D eigenvalue weighted by atomic mass is 10.0. The van der Waals surface area contributed by atoms with E-state index in [0.29, 0.717) is 0 Å². The van der Waals surface area contributed by atoms with Crippen LogP contribution in [-0.4, -0.2) is 27.3 Å². The Bertz CT molecular complexity index is 974. The van der Waals surface area contributed by atoms with Crippen LogP contribution in [0.4, 0.5) is 13.2 Å². The third kappa shape index (κ3) is 3.85. The average molecular weight is 375 g/mol. The van der Waals surface area contributed by atoms with Gasteiger partial charge in [-0.1, -0.05) is 18.2 Å². The van der Waals surface area contributed by atoms with Crippen molar-refractivity contribution in [2.75, 3.05) is 0 Å². The molecule has 0 aliphatic heterocycles. The highest BCUT2D eigenvalue weighted by molar-refractivity contribution is 5.99. The van der Waals surface area contributed by atoms with Crippen LogP contribution in [0, 0.1) is 17.5 Å². The quantitative estimate of drug-likeness (QED) is 0.640. The summed E-state index contributed by atoms with van der Waals surface area (Å²) >= 11 is 0. The van der Waals surface area contributed by atoms with E-state index < -0.39 is 35.5 Å². The molecule has 1 amide bonds. The lowest BCUT2D eigenvalue weighted by Crippen LogP contribution is -2.37. The molecule has 2 unspecified atom stereocenters. The molecule has 1 heterocycles. The number of H-pyrrole nitrogens is 1. The topological polar surface area (TPSA) is 78.0 Å². The fourth-order valence-corrected chi connectivity index (χ4v) is 2.68. The molecular weight excluding hydrogens is 359 g/mol. The number of amides is 1. The predicted molar refractivity (Wildman–Crippen MR) is 92.2 cm³/mol. The number of aliphatic hydroxyl groups excluding tert-OH is 1. The Balaban J connectivity index is 1.79. The summed E-state index contributed by atoms with van der Waals surface area (Å²) in [5.41, 5.74) is 0.571. The number of rotatable bonds is 5. The van der Waals surface area contributed by atoms with Crippen LogP contribution >= 0.6 is 0 Å². The summed E-state index contributed by atoms with van der Waals surface area (Å²) < 4.78 is 40.4. The molecule has 3 rings (SSSR count). The molecule has 0 saturated heterocycles. The maximum absolute atomic E-state index is 14.0. The second-order valence-electron chi connectivity index (χ2n) is 6.02. The summed E-state index contributed by atoms with van der Waals surface area (Å²) in [6.45, 7) is 1.51. The van der Waals surface area contributed by atoms with Gasteiger partial charge < -0.3 is 10.4 Å². The maximum atomic E-state index is 14.0. The van der Waals surface area contributed by atoms with Gasteiger partial charge in [-0.05, 0) is 36.8 Å². The number of hydrogen-bond acceptors (Lipinski definition) is 3. The molecular formula is C19H16F3N3O2. The van der Waals surface area contributed by atoms with Crippen molar-refractivity contribution in [1.82, 2.24) is 15.5 Å². The van der Waals surface area contributed by atoms with E-state index in [2.05, 4.69) is 15.5 Å². The van der Waals surface area contributed by atoms with Crippen molar-refractivity contribution in [1.29, 1.82) is 0 Å². The minimum Gasteiger partial charge on any atom is -0.386 e. The molecule has 0 saturated carbocycles. The highest BCUT2D eigenvalue weighted by atomic mass is 19.2. The first kappa shape index (κ1) is 18.7. The first-order valence-electron chi connectivity index (χ1n) is 8.10. The second-order valence-corrected chi connectivity index (χ2v) is 6.02. The van der Waals surface area contributed by atoms with Crippen LogP contribution in [0.5, 0.6) is 0 Å². The monoisotopic (exact) mass is 375 g/mol. The van der Waals surface area contributed by atoms with Crippen molar-refractivity contribution in [3.8, 4) is 11.3 Å². The Morgan fingerprint density at radius 3 is 2.56 bits per heavy atom. The van der Waals surface area contributed by atoms with E-state index in [-0.39, 0.29) is 22.4 Å². The van der Waals surface area contributed by atoms with Crippen LogP contribution in [0.1, 0.15) is 28.9 Å². The van der Waals surface area contributed by atoms with Crippen LogP contribution in [0.2, 0.25) is 0 Å². The SMILES string of the molecule is CC(NC(=O)c1cn[nH]c1-c1ccccc1F)C(O)c1ccc(F)c(F)c1. The lowest BCUT2D eigenvalue weighted by Gasteiger charge is -2.20. The van der Waals surface area contributed by atoms with Crippen molar-refractivity contribution < 1.29 is 23.1 Å². The third-order valence-corrected chi connectivity index (χ3v) is 4.14. The summed E-state index contributed by atoms with van der Waals surface area (Å²) in [7, 11) is 0. The van der Waals surface area contributed by atoms with E-state index >= 15 is 0 Å². The van der Waals surface area contributed by atoms with E-state index in [4.69, 9.17) is 0 Å². The number of hydrogen-bond donors (Lipinski definition) is 3. The van der Waals surface area contributed by atoms with Crippen molar-refractivity contribution in [3.63, 3.8) is 0 Å². The second kappa shape index (κ2) is 7.63. The van der Waals surface area contributed by atoms with Gasteiger partial charge in [0.1, 0.15) is 5.82 Å². The number of nitrogens with one attached hydrogen (secondary N) is 2. The third-order valence-electron chi connectivity index (χ3n) is 4.14. The molecule has 0 aliphatic rings. The van der Waals surface area contributed by atoms with Gasteiger partial charge in [-0.3, -0.25) is 9.89 Å². The molecule has 1 aromatic heterocycles. The van der Waals surface area contributed by atoms with Gasteiger partial charge in [0.2, 0.25) is 0 Å². The van der Waals surface area contributed by atoms with Gasteiger partial charge in [-0.2, -0.15) is 5.10 Å². The van der Waals surface area contributed by atoms with E-state index in [0.717, 1.165) is 12.1 Å². The van der Waals surface area contributed by atoms with Gasteiger partial charge in [-0.15, -0.1) is 0 Å². The van der Waals surface area contributed by atoms with E-state index in [1.807, 2.05) is 0 Å². The number of carbonyl (C=O) groups excluding carboxylic acids is 1. The molecule has 0 aliphatic carbocycles. The molecule has 0 bridgehead atoms. The molecule has 0 fully saturated rings. The molecule has 140 valence electrons. The van der Waals surface area contributed by atoms with E-state index in [1.165, 1.54) is 37.4 Å². The Hall–Kier alpha value is -3.13. The number of aliphatic hydroxyl groups is 1. The number of aromatic amines is 1. The summed E-state index contributed by atoms with van der Waals surface area (Å²) in [6, 6.07) is 8.07. The number of carbonyl (C=O) groups is 1. The predicted octanol–water partition coefficient (Wildman–Crippen LogP) is 3.35. The Labute approximate surface area is 152 Å². The van der Waals surface area contributed by atoms with Crippen LogP contribution in [0.15, 0.2) is 48.7 Å². The molecule has 8 heteroatoms. The minimum absolute atomic E-state index is 0.0874. The van der Waals surface area contributed by atoms with Gasteiger partial charge in [0.15, 0.2) is 11.6 Å². The smallest absolute Gasteiger partial charge is 0.255 e. The van der Waals surface area contributed by atoms with Crippen LogP contribution < -0.4 is 5.32 Å². The van der Waals surface area contributed by atoms with Crippen molar-refractivity contribution >= 4 is 5.91 Å². The molecule has 27 heavy (non-hydrogen) atoms. The Kier molecular flexibility index (Phi) is 5.27. The molecule has 3 N–H and O–H groups in total. The normalized spacial score (nSPS) is 13.2. The summed E-state index contributed by atoms with van der Waals surface area (Å²) in [5.74, 6) is -3.25. The Morgan fingerprint density at radius 1 is 1.11 bits per heavy atom. The first-order chi connectivity index (χ1) is 12.9. The van der Waals surface area contributed by atoms with Gasteiger partial charge in [0, 0.05) is 5.56 Å². The molecule has 5 nitrogen and oxygen atoms in total. The minimum atomic E-state index is -1.27. The number of aromatic nitrogens is 2. The number of benzene rings is 2. The maximum Gasteiger partial charge on any atom is 0.255 e. The van der Waals surface area contributed by atoms with Crippen LogP contribution in [0.25, 0.3) is 11.3 Å². The average Bonchev–Trinajstić information content (AvgIpc) is 3.13. The highest BCUT2D eigenvalue weighted by Gasteiger charge is 2.23. The fourth-order valence-electron chi connectivity index (χ4n) is 2.68. The summed E-state index contributed by atoms with van der Waals surface area (Å²) in [6.07, 6.45) is -0.0267. The summed E-state index contributed by atoms with van der Waals surface area (Å²) in [5, 5.41) is 19.2. The fraction of sp³-hybridized carbons (Fsp3) is 0.158. The van der Waals surface area contributed by atoms with Crippen molar-refractivity contribution in [2.24, 2.45) is 0 Å². The lowest BCUT2D eigenvalue weighted by molar-refractivity contribution is 0.0852. The van der Waals surface area contributed by atoms with Gasteiger partial charge >= 0.3 is 0 Å². The molecule has 2 atom stereocenters. The number of halogens is 3. The van der Waals surface area contributed by atoms with Crippen LogP contribution in [-0.2, 0) is 0 Å². The molecule has 0 spiro atoms. The Morgan fingerprint density at radius 2 is 1.85 bits per heavy atom. The molecule has 0 radical (unpaired) electrons. The van der Waals surface area contributed by atoms with Crippen molar-refractivity contribution in [2.45, 2.75) is 19.1 Å². The van der Waals surface area contributed by atoms with Gasteiger partial charge in [-0.25, -0.2) is 13.2 Å². The zero-order valence-corrected chi connectivity index (χ0v) is 14.2. The van der Waals surface area contributed by atoms with Crippen molar-refractivity contribution in [3.05, 3.63) is 77.2 Å². The van der Waals surface area contributed by atoms with Gasteiger partial charge in [0.05, 0.1) is 29.6 Å². The van der Waals surface area contributed by atoms with E-state index in [9.17, 15) is 23.1 Å². The standard InChI is InChI=1S/C19H16F3N3O2/c1-10(18(26)11-6-7-15(21)16(22)8-11)24-19(27)13-9-23-25-17(13)12-4-2-3-5-14(12)20/h2-10,18,26H,1H3,(H,23,25)(H,24,27). The zero-order valence-electron chi connectivity index (χ0n) is 14.2. The first-order valence-corrected chi connectivity index (χ1v) is 8.10.